The molecule has 1 saturated heterocycles. The molecule has 0 N–H and O–H groups in total. The lowest BCUT2D eigenvalue weighted by Gasteiger charge is -2.28. The summed E-state index contributed by atoms with van der Waals surface area (Å²) >= 11 is 0. The van der Waals surface area contributed by atoms with Crippen LogP contribution in [-0.4, -0.2) is 37.2 Å². The highest BCUT2D eigenvalue weighted by molar-refractivity contribution is 4.81. The largest absolute Gasteiger partial charge is 0.380 e. The van der Waals surface area contributed by atoms with Gasteiger partial charge >= 0.3 is 0 Å². The summed E-state index contributed by atoms with van der Waals surface area (Å²) in [4.78, 5) is 2.56. The summed E-state index contributed by atoms with van der Waals surface area (Å²) in [6.45, 7) is 9.29. The van der Waals surface area contributed by atoms with Gasteiger partial charge in [-0.05, 0) is 19.3 Å². The van der Waals surface area contributed by atoms with Gasteiger partial charge in [-0.1, -0.05) is 20.3 Å². The van der Waals surface area contributed by atoms with Gasteiger partial charge in [0.1, 0.15) is 0 Å². The lowest BCUT2D eigenvalue weighted by atomic mass is 10.00. The molecule has 2 heteroatoms. The lowest BCUT2D eigenvalue weighted by Crippen LogP contribution is -2.36. The maximum absolute atomic E-state index is 5.36. The molecule has 0 amide bonds. The van der Waals surface area contributed by atoms with Gasteiger partial charge in [-0.3, -0.25) is 4.90 Å². The van der Waals surface area contributed by atoms with Crippen LogP contribution in [0.2, 0.25) is 0 Å². The molecule has 3 atom stereocenters. The fraction of sp³-hybridized carbons (Fsp3) is 1.00. The van der Waals surface area contributed by atoms with E-state index in [4.69, 9.17) is 4.74 Å². The molecule has 13 heavy (non-hydrogen) atoms. The molecule has 2 nitrogen and oxygen atoms in total. The SMILES string of the molecule is CCC(C)C(C)N1CCC(OC)C1. The molecular weight excluding hydrogens is 162 g/mol. The molecule has 1 aliphatic heterocycles. The van der Waals surface area contributed by atoms with Crippen LogP contribution in [0, 0.1) is 5.92 Å². The maximum Gasteiger partial charge on any atom is 0.0710 e. The van der Waals surface area contributed by atoms with Crippen LogP contribution in [0.4, 0.5) is 0 Å². The van der Waals surface area contributed by atoms with Crippen molar-refractivity contribution in [1.82, 2.24) is 4.90 Å². The Morgan fingerprint density at radius 2 is 2.15 bits per heavy atom. The third-order valence-corrected chi connectivity index (χ3v) is 3.55. The number of rotatable bonds is 4. The predicted molar refractivity (Wildman–Crippen MR) is 55.9 cm³/mol. The van der Waals surface area contributed by atoms with E-state index in [0.29, 0.717) is 12.1 Å². The van der Waals surface area contributed by atoms with E-state index in [-0.39, 0.29) is 0 Å². The van der Waals surface area contributed by atoms with Gasteiger partial charge < -0.3 is 4.74 Å². The molecule has 78 valence electrons. The van der Waals surface area contributed by atoms with Gasteiger partial charge in [-0.15, -0.1) is 0 Å². The highest BCUT2D eigenvalue weighted by atomic mass is 16.5. The summed E-state index contributed by atoms with van der Waals surface area (Å²) in [5.74, 6) is 0.801. The minimum absolute atomic E-state index is 0.478. The Morgan fingerprint density at radius 1 is 1.46 bits per heavy atom. The van der Waals surface area contributed by atoms with Gasteiger partial charge in [-0.2, -0.15) is 0 Å². The highest BCUT2D eigenvalue weighted by Gasteiger charge is 2.27. The van der Waals surface area contributed by atoms with E-state index in [0.717, 1.165) is 12.5 Å². The normalized spacial score (nSPS) is 29.1. The van der Waals surface area contributed by atoms with Gasteiger partial charge in [0, 0.05) is 26.2 Å². The second kappa shape index (κ2) is 4.97. The Kier molecular flexibility index (Phi) is 4.20. The Morgan fingerprint density at radius 3 is 2.62 bits per heavy atom. The summed E-state index contributed by atoms with van der Waals surface area (Å²) in [6, 6.07) is 0.713. The Bertz CT molecular complexity index is 149. The minimum atomic E-state index is 0.478. The first kappa shape index (κ1) is 11.0. The van der Waals surface area contributed by atoms with E-state index in [9.17, 15) is 0 Å². The van der Waals surface area contributed by atoms with Crippen molar-refractivity contribution in [2.45, 2.75) is 45.8 Å². The maximum atomic E-state index is 5.36. The molecule has 0 bridgehead atoms. The van der Waals surface area contributed by atoms with Crippen molar-refractivity contribution in [2.75, 3.05) is 20.2 Å². The monoisotopic (exact) mass is 185 g/mol. The van der Waals surface area contributed by atoms with Gasteiger partial charge in [0.15, 0.2) is 0 Å². The van der Waals surface area contributed by atoms with Crippen LogP contribution in [0.15, 0.2) is 0 Å². The van der Waals surface area contributed by atoms with Gasteiger partial charge in [0.25, 0.3) is 0 Å². The third-order valence-electron chi connectivity index (χ3n) is 3.55. The van der Waals surface area contributed by atoms with Crippen LogP contribution in [0.25, 0.3) is 0 Å². The second-order valence-corrected chi connectivity index (χ2v) is 4.27. The van der Waals surface area contributed by atoms with Crippen LogP contribution in [0.5, 0.6) is 0 Å². The molecule has 0 radical (unpaired) electrons. The molecular formula is C11H23NO. The van der Waals surface area contributed by atoms with E-state index in [1.54, 1.807) is 0 Å². The van der Waals surface area contributed by atoms with Crippen LogP contribution in [0.3, 0.4) is 0 Å². The Hall–Kier alpha value is -0.0800. The number of nitrogens with zero attached hydrogens (tertiary/aromatic N) is 1. The molecule has 1 aliphatic rings. The van der Waals surface area contributed by atoms with Crippen LogP contribution < -0.4 is 0 Å². The number of hydrogen-bond donors (Lipinski definition) is 0. The molecule has 1 fully saturated rings. The number of likely N-dealkylation sites (tertiary alicyclic amines) is 1. The molecule has 3 unspecified atom stereocenters. The van der Waals surface area contributed by atoms with Crippen molar-refractivity contribution in [3.63, 3.8) is 0 Å². The van der Waals surface area contributed by atoms with Crippen LogP contribution in [0.1, 0.15) is 33.6 Å². The van der Waals surface area contributed by atoms with Crippen molar-refractivity contribution in [1.29, 1.82) is 0 Å². The zero-order valence-corrected chi connectivity index (χ0v) is 9.42. The summed E-state index contributed by atoms with van der Waals surface area (Å²) in [5.41, 5.74) is 0. The van der Waals surface area contributed by atoms with Crippen molar-refractivity contribution in [2.24, 2.45) is 5.92 Å². The molecule has 0 aromatic rings. The second-order valence-electron chi connectivity index (χ2n) is 4.27. The molecule has 0 saturated carbocycles. The smallest absolute Gasteiger partial charge is 0.0710 e. The van der Waals surface area contributed by atoms with E-state index >= 15 is 0 Å². The van der Waals surface area contributed by atoms with Gasteiger partial charge in [0.2, 0.25) is 0 Å². The number of ether oxygens (including phenoxy) is 1. The summed E-state index contributed by atoms with van der Waals surface area (Å²) in [7, 11) is 1.82. The average Bonchev–Trinajstić information content (AvgIpc) is 2.63. The quantitative estimate of drug-likeness (QED) is 0.665. The van der Waals surface area contributed by atoms with Crippen LogP contribution in [-0.2, 0) is 4.74 Å². The standard InChI is InChI=1S/C11H23NO/c1-5-9(2)10(3)12-7-6-11(8-12)13-4/h9-11H,5-8H2,1-4H3. The Labute approximate surface area is 82.3 Å². The van der Waals surface area contributed by atoms with Crippen molar-refractivity contribution < 1.29 is 4.74 Å². The molecule has 0 spiro atoms. The predicted octanol–water partition coefficient (Wildman–Crippen LogP) is 2.14. The van der Waals surface area contributed by atoms with Crippen molar-refractivity contribution in [3.05, 3.63) is 0 Å². The summed E-state index contributed by atoms with van der Waals surface area (Å²) in [5, 5.41) is 0. The lowest BCUT2D eigenvalue weighted by molar-refractivity contribution is 0.0957. The van der Waals surface area contributed by atoms with E-state index in [1.165, 1.54) is 19.4 Å². The van der Waals surface area contributed by atoms with Gasteiger partial charge in [0.05, 0.1) is 6.10 Å². The fourth-order valence-corrected chi connectivity index (χ4v) is 2.02. The van der Waals surface area contributed by atoms with Crippen molar-refractivity contribution >= 4 is 0 Å². The van der Waals surface area contributed by atoms with Crippen molar-refractivity contribution in [3.8, 4) is 0 Å². The fourth-order valence-electron chi connectivity index (χ4n) is 2.02. The average molecular weight is 185 g/mol. The first-order chi connectivity index (χ1) is 6.19. The summed E-state index contributed by atoms with van der Waals surface area (Å²) in [6.07, 6.45) is 2.96. The molecule has 0 aromatic carbocycles. The first-order valence-corrected chi connectivity index (χ1v) is 5.45. The third kappa shape index (κ3) is 2.68. The zero-order valence-electron chi connectivity index (χ0n) is 9.42. The van der Waals surface area contributed by atoms with Crippen LogP contribution >= 0.6 is 0 Å². The van der Waals surface area contributed by atoms with Gasteiger partial charge in [-0.25, -0.2) is 0 Å². The Balaban J connectivity index is 2.36. The zero-order chi connectivity index (χ0) is 9.84. The molecule has 0 aliphatic carbocycles. The number of methoxy groups -OCH3 is 1. The molecule has 1 rings (SSSR count). The van der Waals surface area contributed by atoms with E-state index < -0.39 is 0 Å². The molecule has 0 aromatic heterocycles. The first-order valence-electron chi connectivity index (χ1n) is 5.45. The number of hydrogen-bond acceptors (Lipinski definition) is 2. The van der Waals surface area contributed by atoms with E-state index in [1.807, 2.05) is 7.11 Å². The molecule has 1 heterocycles. The summed E-state index contributed by atoms with van der Waals surface area (Å²) < 4.78 is 5.36. The minimum Gasteiger partial charge on any atom is -0.380 e. The topological polar surface area (TPSA) is 12.5 Å². The highest BCUT2D eigenvalue weighted by Crippen LogP contribution is 2.20. The van der Waals surface area contributed by atoms with E-state index in [2.05, 4.69) is 25.7 Å².